The number of benzene rings is 1. The lowest BCUT2D eigenvalue weighted by molar-refractivity contribution is -0.113. The molecule has 0 unspecified atom stereocenters. The molecule has 1 saturated carbocycles. The van der Waals surface area contributed by atoms with Gasteiger partial charge in [0.1, 0.15) is 6.33 Å². The Morgan fingerprint density at radius 3 is 3.00 bits per heavy atom. The van der Waals surface area contributed by atoms with Crippen molar-refractivity contribution in [2.45, 2.75) is 24.0 Å². The van der Waals surface area contributed by atoms with Crippen LogP contribution in [0.2, 0.25) is 10.0 Å². The zero-order chi connectivity index (χ0) is 14.8. The van der Waals surface area contributed by atoms with Gasteiger partial charge < -0.3 is 9.88 Å². The first-order valence-corrected chi connectivity index (χ1v) is 8.15. The molecule has 21 heavy (non-hydrogen) atoms. The molecule has 110 valence electrons. The maximum atomic E-state index is 12.0. The van der Waals surface area contributed by atoms with Crippen LogP contribution < -0.4 is 5.32 Å². The number of halogens is 2. The van der Waals surface area contributed by atoms with E-state index in [9.17, 15) is 4.79 Å². The van der Waals surface area contributed by atoms with Gasteiger partial charge in [0.2, 0.25) is 5.91 Å². The van der Waals surface area contributed by atoms with E-state index in [4.69, 9.17) is 23.2 Å². The van der Waals surface area contributed by atoms with Crippen molar-refractivity contribution in [3.05, 3.63) is 34.6 Å². The zero-order valence-electron chi connectivity index (χ0n) is 10.9. The lowest BCUT2D eigenvalue weighted by Crippen LogP contribution is -2.14. The van der Waals surface area contributed by atoms with Crippen molar-refractivity contribution >= 4 is 46.6 Å². The number of thioether (sulfide) groups is 1. The second kappa shape index (κ2) is 6.25. The summed E-state index contributed by atoms with van der Waals surface area (Å²) in [4.78, 5) is 12.0. The largest absolute Gasteiger partial charge is 0.324 e. The summed E-state index contributed by atoms with van der Waals surface area (Å²) >= 11 is 13.3. The predicted molar refractivity (Wildman–Crippen MR) is 84.1 cm³/mol. The number of nitrogens with one attached hydrogen (secondary N) is 1. The van der Waals surface area contributed by atoms with E-state index < -0.39 is 0 Å². The predicted octanol–water partition coefficient (Wildman–Crippen LogP) is 3.65. The van der Waals surface area contributed by atoms with Crippen LogP contribution in [0.1, 0.15) is 18.9 Å². The Bertz CT molecular complexity index is 672. The molecule has 0 atom stereocenters. The molecule has 2 aromatic rings. The second-order valence-electron chi connectivity index (χ2n) is 4.71. The van der Waals surface area contributed by atoms with E-state index in [2.05, 4.69) is 15.5 Å². The SMILES string of the molecule is O=C(CSc1nncn1C1CC1)Nc1cc(Cl)ccc1Cl. The third-order valence-corrected chi connectivity index (χ3v) is 4.54. The van der Waals surface area contributed by atoms with E-state index in [1.54, 1.807) is 24.5 Å². The third-order valence-electron chi connectivity index (χ3n) is 3.02. The molecule has 1 N–H and O–H groups in total. The van der Waals surface area contributed by atoms with Crippen molar-refractivity contribution < 1.29 is 4.79 Å². The van der Waals surface area contributed by atoms with Crippen molar-refractivity contribution in [1.29, 1.82) is 0 Å². The second-order valence-corrected chi connectivity index (χ2v) is 6.50. The highest BCUT2D eigenvalue weighted by Crippen LogP contribution is 2.37. The molecule has 3 rings (SSSR count). The Morgan fingerprint density at radius 1 is 1.43 bits per heavy atom. The molecule has 5 nitrogen and oxygen atoms in total. The maximum Gasteiger partial charge on any atom is 0.234 e. The smallest absolute Gasteiger partial charge is 0.234 e. The van der Waals surface area contributed by atoms with Crippen LogP contribution in [-0.2, 0) is 4.79 Å². The van der Waals surface area contributed by atoms with E-state index in [1.165, 1.54) is 11.8 Å². The van der Waals surface area contributed by atoms with Crippen LogP contribution >= 0.6 is 35.0 Å². The number of amides is 1. The normalized spacial score (nSPS) is 14.2. The van der Waals surface area contributed by atoms with Crippen LogP contribution in [0, 0.1) is 0 Å². The average molecular weight is 343 g/mol. The standard InChI is InChI=1S/C13H12Cl2N4OS/c14-8-1-4-10(15)11(5-8)17-12(20)6-21-13-18-16-7-19(13)9-2-3-9/h1,4-5,7,9H,2-3,6H2,(H,17,20). The molecule has 0 bridgehead atoms. The quantitative estimate of drug-likeness (QED) is 0.842. The van der Waals surface area contributed by atoms with Gasteiger partial charge in [-0.2, -0.15) is 0 Å². The number of carbonyl (C=O) groups is 1. The van der Waals surface area contributed by atoms with Gasteiger partial charge in [-0.25, -0.2) is 0 Å². The Labute approximate surface area is 136 Å². The average Bonchev–Trinajstić information content (AvgIpc) is 3.19. The topological polar surface area (TPSA) is 59.8 Å². The summed E-state index contributed by atoms with van der Waals surface area (Å²) in [5, 5.41) is 12.4. The van der Waals surface area contributed by atoms with Gasteiger partial charge in [0, 0.05) is 11.1 Å². The number of anilines is 1. The number of aromatic nitrogens is 3. The molecule has 1 aliphatic rings. The number of carbonyl (C=O) groups excluding carboxylic acids is 1. The van der Waals surface area contributed by atoms with E-state index in [1.807, 2.05) is 4.57 Å². The third kappa shape index (κ3) is 3.70. The molecule has 8 heteroatoms. The van der Waals surface area contributed by atoms with Gasteiger partial charge in [0.15, 0.2) is 5.16 Å². The number of hydrogen-bond donors (Lipinski definition) is 1. The molecule has 1 aromatic heterocycles. The van der Waals surface area contributed by atoms with Crippen molar-refractivity contribution in [3.8, 4) is 0 Å². The van der Waals surface area contributed by atoms with Crippen LogP contribution in [0.4, 0.5) is 5.69 Å². The maximum absolute atomic E-state index is 12.0. The molecular weight excluding hydrogens is 331 g/mol. The van der Waals surface area contributed by atoms with Crippen molar-refractivity contribution in [2.75, 3.05) is 11.1 Å². The zero-order valence-corrected chi connectivity index (χ0v) is 13.3. The van der Waals surface area contributed by atoms with Gasteiger partial charge in [-0.15, -0.1) is 10.2 Å². The van der Waals surface area contributed by atoms with Crippen molar-refractivity contribution in [2.24, 2.45) is 0 Å². The van der Waals surface area contributed by atoms with Gasteiger partial charge in [0.05, 0.1) is 16.5 Å². The van der Waals surface area contributed by atoms with Gasteiger partial charge >= 0.3 is 0 Å². The van der Waals surface area contributed by atoms with Crippen LogP contribution in [-0.4, -0.2) is 26.4 Å². The summed E-state index contributed by atoms with van der Waals surface area (Å²) in [5.74, 6) is 0.0864. The van der Waals surface area contributed by atoms with Crippen molar-refractivity contribution in [3.63, 3.8) is 0 Å². The molecule has 0 radical (unpaired) electrons. The lowest BCUT2D eigenvalue weighted by atomic mass is 10.3. The first-order chi connectivity index (χ1) is 10.1. The monoisotopic (exact) mass is 342 g/mol. The Morgan fingerprint density at radius 2 is 2.24 bits per heavy atom. The fourth-order valence-electron chi connectivity index (χ4n) is 1.85. The summed E-state index contributed by atoms with van der Waals surface area (Å²) in [7, 11) is 0. The molecule has 1 aromatic carbocycles. The fourth-order valence-corrected chi connectivity index (χ4v) is 2.97. The number of rotatable bonds is 5. The summed E-state index contributed by atoms with van der Waals surface area (Å²) in [6.07, 6.45) is 4.01. The van der Waals surface area contributed by atoms with E-state index in [0.29, 0.717) is 21.8 Å². The van der Waals surface area contributed by atoms with Crippen molar-refractivity contribution in [1.82, 2.24) is 14.8 Å². The highest BCUT2D eigenvalue weighted by Gasteiger charge is 2.26. The minimum Gasteiger partial charge on any atom is -0.324 e. The van der Waals surface area contributed by atoms with Gasteiger partial charge in [0.25, 0.3) is 0 Å². The summed E-state index contributed by atoms with van der Waals surface area (Å²) < 4.78 is 2.02. The van der Waals surface area contributed by atoms with Crippen LogP contribution in [0.5, 0.6) is 0 Å². The van der Waals surface area contributed by atoms with Crippen LogP contribution in [0.15, 0.2) is 29.7 Å². The number of hydrogen-bond acceptors (Lipinski definition) is 4. The molecule has 1 aliphatic carbocycles. The molecule has 1 amide bonds. The highest BCUT2D eigenvalue weighted by atomic mass is 35.5. The Kier molecular flexibility index (Phi) is 4.37. The van der Waals surface area contributed by atoms with Gasteiger partial charge in [-0.05, 0) is 31.0 Å². The van der Waals surface area contributed by atoms with E-state index in [-0.39, 0.29) is 11.7 Å². The Balaban J connectivity index is 1.59. The molecule has 1 fully saturated rings. The Hall–Kier alpha value is -1.24. The molecular formula is C13H12Cl2N4OS. The van der Waals surface area contributed by atoms with Crippen LogP contribution in [0.25, 0.3) is 0 Å². The highest BCUT2D eigenvalue weighted by molar-refractivity contribution is 7.99. The first-order valence-electron chi connectivity index (χ1n) is 6.40. The van der Waals surface area contributed by atoms with Gasteiger partial charge in [-0.3, -0.25) is 4.79 Å². The summed E-state index contributed by atoms with van der Waals surface area (Å²) in [6.45, 7) is 0. The minimum atomic E-state index is -0.158. The minimum absolute atomic E-state index is 0.158. The molecule has 1 heterocycles. The molecule has 0 saturated heterocycles. The van der Waals surface area contributed by atoms with E-state index >= 15 is 0 Å². The molecule has 0 aliphatic heterocycles. The molecule has 0 spiro atoms. The lowest BCUT2D eigenvalue weighted by Gasteiger charge is -2.08. The fraction of sp³-hybridized carbons (Fsp3) is 0.308. The van der Waals surface area contributed by atoms with E-state index in [0.717, 1.165) is 18.0 Å². The summed E-state index contributed by atoms with van der Waals surface area (Å²) in [5.41, 5.74) is 0.512. The van der Waals surface area contributed by atoms with Gasteiger partial charge in [-0.1, -0.05) is 35.0 Å². The summed E-state index contributed by atoms with van der Waals surface area (Å²) in [6, 6.07) is 5.44. The van der Waals surface area contributed by atoms with Crippen LogP contribution in [0.3, 0.4) is 0 Å². The first kappa shape index (κ1) is 14.7. The number of nitrogens with zero attached hydrogens (tertiary/aromatic N) is 3.